The fourth-order valence-corrected chi connectivity index (χ4v) is 2.75. The molecule has 0 fully saturated rings. The van der Waals surface area contributed by atoms with Crippen molar-refractivity contribution >= 4 is 35.0 Å². The van der Waals surface area contributed by atoms with Gasteiger partial charge in [-0.1, -0.05) is 11.6 Å². The maximum atomic E-state index is 12.4. The number of anilines is 1. The summed E-state index contributed by atoms with van der Waals surface area (Å²) in [7, 11) is 3.18. The van der Waals surface area contributed by atoms with Gasteiger partial charge in [-0.3, -0.25) is 9.78 Å². The molecule has 0 radical (unpaired) electrons. The zero-order valence-corrected chi connectivity index (χ0v) is 14.1. The Morgan fingerprint density at radius 2 is 2.36 bits per heavy atom. The second-order valence-electron chi connectivity index (χ2n) is 4.54. The van der Waals surface area contributed by atoms with Crippen molar-refractivity contribution in [2.24, 2.45) is 0 Å². The number of ether oxygens (including phenoxy) is 1. The van der Waals surface area contributed by atoms with E-state index in [1.54, 1.807) is 48.1 Å². The van der Waals surface area contributed by atoms with E-state index in [0.717, 1.165) is 5.69 Å². The number of halogens is 1. The first-order chi connectivity index (χ1) is 10.6. The minimum Gasteiger partial charge on any atom is -0.371 e. The zero-order chi connectivity index (χ0) is 16.1. The Kier molecular flexibility index (Phi) is 5.82. The average molecular weight is 341 g/mol. The van der Waals surface area contributed by atoms with Crippen LogP contribution in [0.15, 0.2) is 30.7 Å². The Bertz CT molecular complexity index is 635. The lowest BCUT2D eigenvalue weighted by Crippen LogP contribution is -2.39. The van der Waals surface area contributed by atoms with E-state index in [4.69, 9.17) is 16.3 Å². The van der Waals surface area contributed by atoms with Gasteiger partial charge >= 0.3 is 0 Å². The summed E-state index contributed by atoms with van der Waals surface area (Å²) in [5, 5.41) is 4.47. The maximum Gasteiger partial charge on any atom is 0.256 e. The number of hydrogen-bond donors (Lipinski definition) is 0. The fraction of sp³-hybridized carbons (Fsp3) is 0.357. The molecular weight excluding hydrogens is 324 g/mol. The molecule has 6 nitrogen and oxygen atoms in total. The largest absolute Gasteiger partial charge is 0.371 e. The molecule has 0 N–H and O–H groups in total. The minimum absolute atomic E-state index is 0.163. The summed E-state index contributed by atoms with van der Waals surface area (Å²) >= 11 is 7.71. The predicted octanol–water partition coefficient (Wildman–Crippen LogP) is 2.26. The van der Waals surface area contributed by atoms with Gasteiger partial charge in [0.2, 0.25) is 0 Å². The molecule has 0 saturated carbocycles. The van der Waals surface area contributed by atoms with Crippen LogP contribution in [-0.2, 0) is 9.53 Å². The second-order valence-corrected chi connectivity index (χ2v) is 5.81. The summed E-state index contributed by atoms with van der Waals surface area (Å²) in [6.07, 6.45) is 6.45. The van der Waals surface area contributed by atoms with Crippen LogP contribution in [0.5, 0.6) is 0 Å². The smallest absolute Gasteiger partial charge is 0.256 e. The standard InChI is InChI=1S/C14H17ClN4O2S/c1-18(14(20)12(21-2)9-22-3)11-8-19(17-13(11)15)10-5-4-6-16-7-10/h4-8,12H,9H2,1-3H3. The molecule has 2 heterocycles. The van der Waals surface area contributed by atoms with E-state index in [0.29, 0.717) is 11.4 Å². The van der Waals surface area contributed by atoms with Gasteiger partial charge in [-0.05, 0) is 18.4 Å². The Morgan fingerprint density at radius 3 is 2.95 bits per heavy atom. The van der Waals surface area contributed by atoms with E-state index in [1.807, 2.05) is 12.3 Å². The lowest BCUT2D eigenvalue weighted by molar-refractivity contribution is -0.126. The molecule has 22 heavy (non-hydrogen) atoms. The Balaban J connectivity index is 2.25. The third kappa shape index (κ3) is 3.60. The minimum atomic E-state index is -0.516. The van der Waals surface area contributed by atoms with Crippen molar-refractivity contribution in [1.82, 2.24) is 14.8 Å². The normalized spacial score (nSPS) is 12.2. The van der Waals surface area contributed by atoms with Crippen LogP contribution in [0, 0.1) is 0 Å². The second kappa shape index (κ2) is 7.62. The number of aromatic nitrogens is 3. The van der Waals surface area contributed by atoms with Crippen LogP contribution >= 0.6 is 23.4 Å². The number of likely N-dealkylation sites (N-methyl/N-ethyl adjacent to an activating group) is 1. The summed E-state index contributed by atoms with van der Waals surface area (Å²) in [6, 6.07) is 3.66. The van der Waals surface area contributed by atoms with Crippen LogP contribution in [0.4, 0.5) is 5.69 Å². The molecule has 0 saturated heterocycles. The highest BCUT2D eigenvalue weighted by Crippen LogP contribution is 2.25. The topological polar surface area (TPSA) is 60.2 Å². The van der Waals surface area contributed by atoms with Gasteiger partial charge in [0, 0.05) is 26.1 Å². The highest BCUT2D eigenvalue weighted by molar-refractivity contribution is 7.98. The number of amides is 1. The van der Waals surface area contributed by atoms with Crippen LogP contribution in [0.3, 0.4) is 0 Å². The van der Waals surface area contributed by atoms with E-state index in [-0.39, 0.29) is 11.1 Å². The van der Waals surface area contributed by atoms with Crippen molar-refractivity contribution in [3.63, 3.8) is 0 Å². The van der Waals surface area contributed by atoms with Gasteiger partial charge in [0.15, 0.2) is 5.15 Å². The number of hydrogen-bond acceptors (Lipinski definition) is 5. The molecule has 0 aliphatic heterocycles. The maximum absolute atomic E-state index is 12.4. The Labute approximate surface area is 138 Å². The zero-order valence-electron chi connectivity index (χ0n) is 12.6. The molecule has 2 rings (SSSR count). The van der Waals surface area contributed by atoms with Crippen molar-refractivity contribution in [3.05, 3.63) is 35.9 Å². The predicted molar refractivity (Wildman–Crippen MR) is 89.0 cm³/mol. The number of carbonyl (C=O) groups is 1. The van der Waals surface area contributed by atoms with Crippen molar-refractivity contribution in [3.8, 4) is 5.69 Å². The monoisotopic (exact) mass is 340 g/mol. The van der Waals surface area contributed by atoms with Crippen molar-refractivity contribution in [1.29, 1.82) is 0 Å². The van der Waals surface area contributed by atoms with E-state index in [2.05, 4.69) is 10.1 Å². The van der Waals surface area contributed by atoms with Crippen molar-refractivity contribution in [2.75, 3.05) is 31.1 Å². The first-order valence-electron chi connectivity index (χ1n) is 6.53. The van der Waals surface area contributed by atoms with E-state index < -0.39 is 6.10 Å². The van der Waals surface area contributed by atoms with Gasteiger partial charge in [-0.15, -0.1) is 0 Å². The summed E-state index contributed by atoms with van der Waals surface area (Å²) in [6.45, 7) is 0. The fourth-order valence-electron chi connectivity index (χ4n) is 1.92. The molecule has 0 spiro atoms. The molecule has 1 atom stereocenters. The Hall–Kier alpha value is -1.57. The van der Waals surface area contributed by atoms with Crippen molar-refractivity contribution in [2.45, 2.75) is 6.10 Å². The third-order valence-electron chi connectivity index (χ3n) is 3.13. The molecule has 118 valence electrons. The number of carbonyl (C=O) groups excluding carboxylic acids is 1. The van der Waals surface area contributed by atoms with E-state index in [1.165, 1.54) is 12.0 Å². The molecule has 0 aliphatic rings. The molecular formula is C14H17ClN4O2S. The van der Waals surface area contributed by atoms with E-state index >= 15 is 0 Å². The molecule has 0 aliphatic carbocycles. The quantitative estimate of drug-likeness (QED) is 0.807. The van der Waals surface area contributed by atoms with Crippen LogP contribution in [0.1, 0.15) is 0 Å². The molecule has 0 bridgehead atoms. The molecule has 2 aromatic rings. The highest BCUT2D eigenvalue weighted by atomic mass is 35.5. The van der Waals surface area contributed by atoms with Crippen LogP contribution < -0.4 is 4.90 Å². The van der Waals surface area contributed by atoms with Gasteiger partial charge in [0.25, 0.3) is 5.91 Å². The van der Waals surface area contributed by atoms with Gasteiger partial charge in [0.05, 0.1) is 18.1 Å². The first kappa shape index (κ1) is 16.8. The number of methoxy groups -OCH3 is 1. The van der Waals surface area contributed by atoms with Crippen molar-refractivity contribution < 1.29 is 9.53 Å². The number of nitrogens with zero attached hydrogens (tertiary/aromatic N) is 4. The number of thioether (sulfide) groups is 1. The number of pyridine rings is 1. The van der Waals surface area contributed by atoms with Gasteiger partial charge in [-0.2, -0.15) is 16.9 Å². The SMILES string of the molecule is COC(CSC)C(=O)N(C)c1cn(-c2cccnc2)nc1Cl. The molecule has 1 unspecified atom stereocenters. The van der Waals surface area contributed by atoms with Crippen LogP contribution in [-0.4, -0.2) is 52.9 Å². The molecule has 8 heteroatoms. The van der Waals surface area contributed by atoms with Crippen LogP contribution in [0.2, 0.25) is 5.15 Å². The van der Waals surface area contributed by atoms with E-state index in [9.17, 15) is 4.79 Å². The summed E-state index contributed by atoms with van der Waals surface area (Å²) < 4.78 is 6.82. The van der Waals surface area contributed by atoms with Gasteiger partial charge in [0.1, 0.15) is 11.8 Å². The highest BCUT2D eigenvalue weighted by Gasteiger charge is 2.25. The van der Waals surface area contributed by atoms with Gasteiger partial charge in [-0.25, -0.2) is 4.68 Å². The lowest BCUT2D eigenvalue weighted by atomic mass is 10.3. The van der Waals surface area contributed by atoms with Gasteiger partial charge < -0.3 is 9.64 Å². The summed E-state index contributed by atoms with van der Waals surface area (Å²) in [5.41, 5.74) is 1.29. The third-order valence-corrected chi connectivity index (χ3v) is 4.04. The van der Waals surface area contributed by atoms with Crippen LogP contribution in [0.25, 0.3) is 5.69 Å². The number of rotatable bonds is 6. The Morgan fingerprint density at radius 1 is 1.59 bits per heavy atom. The molecule has 1 amide bonds. The average Bonchev–Trinajstić information content (AvgIpc) is 2.94. The molecule has 2 aromatic heterocycles. The lowest BCUT2D eigenvalue weighted by Gasteiger charge is -2.21. The first-order valence-corrected chi connectivity index (χ1v) is 8.30. The molecule has 0 aromatic carbocycles. The summed E-state index contributed by atoms with van der Waals surface area (Å²) in [4.78, 5) is 17.9. The summed E-state index contributed by atoms with van der Waals surface area (Å²) in [5.74, 6) is 0.415.